The van der Waals surface area contributed by atoms with E-state index in [1.54, 1.807) is 0 Å². The maximum atomic E-state index is 12.1. The second-order valence-corrected chi connectivity index (χ2v) is 9.09. The van der Waals surface area contributed by atoms with Crippen molar-refractivity contribution in [2.45, 2.75) is 80.8 Å². The van der Waals surface area contributed by atoms with E-state index in [-0.39, 0.29) is 10.5 Å². The maximum absolute atomic E-state index is 12.1. The third kappa shape index (κ3) is 3.30. The van der Waals surface area contributed by atoms with E-state index in [1.807, 2.05) is 0 Å². The van der Waals surface area contributed by atoms with Gasteiger partial charge < -0.3 is 5.11 Å². The number of fused-ring (bicyclic) bond motifs is 2. The van der Waals surface area contributed by atoms with Gasteiger partial charge in [0.1, 0.15) is 0 Å². The van der Waals surface area contributed by atoms with E-state index < -0.39 is 16.4 Å². The number of unbranched alkanes of at least 4 members (excludes halogenated alkanes) is 3. The first-order chi connectivity index (χ1) is 10.6. The SMILES string of the molecule is CCCCCCc1ccc(C2(O)CC3CCC(C2)S3=O)cc1. The molecule has 1 aromatic carbocycles. The van der Waals surface area contributed by atoms with Crippen LogP contribution in [0.1, 0.15) is 69.4 Å². The minimum atomic E-state index is -0.750. The van der Waals surface area contributed by atoms with Crippen LogP contribution in [0, 0.1) is 0 Å². The molecule has 1 aromatic rings. The first-order valence-corrected chi connectivity index (χ1v) is 10.1. The topological polar surface area (TPSA) is 37.3 Å². The summed E-state index contributed by atoms with van der Waals surface area (Å²) in [5.74, 6) is 0. The predicted molar refractivity (Wildman–Crippen MR) is 92.4 cm³/mol. The van der Waals surface area contributed by atoms with Crippen LogP contribution < -0.4 is 0 Å². The summed E-state index contributed by atoms with van der Waals surface area (Å²) in [7, 11) is -0.710. The van der Waals surface area contributed by atoms with E-state index in [1.165, 1.54) is 31.2 Å². The van der Waals surface area contributed by atoms with Crippen molar-refractivity contribution in [3.63, 3.8) is 0 Å². The van der Waals surface area contributed by atoms with Crippen LogP contribution in [0.5, 0.6) is 0 Å². The zero-order valence-corrected chi connectivity index (χ0v) is 14.4. The van der Waals surface area contributed by atoms with Gasteiger partial charge in [0.05, 0.1) is 5.60 Å². The van der Waals surface area contributed by atoms with Crippen molar-refractivity contribution >= 4 is 10.8 Å². The zero-order valence-electron chi connectivity index (χ0n) is 13.6. The van der Waals surface area contributed by atoms with Crippen LogP contribution in [0.2, 0.25) is 0 Å². The third-order valence-corrected chi connectivity index (χ3v) is 7.53. The van der Waals surface area contributed by atoms with Gasteiger partial charge in [-0.05, 0) is 49.7 Å². The fourth-order valence-corrected chi connectivity index (χ4v) is 6.22. The number of hydrogen-bond donors (Lipinski definition) is 1. The summed E-state index contributed by atoms with van der Waals surface area (Å²) >= 11 is 0. The summed E-state index contributed by atoms with van der Waals surface area (Å²) in [6.07, 6.45) is 9.67. The predicted octanol–water partition coefficient (Wildman–Crippen LogP) is 4.07. The van der Waals surface area contributed by atoms with E-state index >= 15 is 0 Å². The normalized spacial score (nSPS) is 34.0. The summed E-state index contributed by atoms with van der Waals surface area (Å²) < 4.78 is 12.1. The summed E-state index contributed by atoms with van der Waals surface area (Å²) in [6, 6.07) is 8.55. The Morgan fingerprint density at radius 1 is 1.09 bits per heavy atom. The maximum Gasteiger partial charge on any atom is 0.0919 e. The van der Waals surface area contributed by atoms with E-state index in [0.29, 0.717) is 12.8 Å². The fraction of sp³-hybridized carbons (Fsp3) is 0.684. The van der Waals surface area contributed by atoms with E-state index in [4.69, 9.17) is 0 Å². The van der Waals surface area contributed by atoms with Crippen LogP contribution in [0.15, 0.2) is 24.3 Å². The minimum Gasteiger partial charge on any atom is -0.385 e. The molecular weight excluding hydrogens is 292 g/mol. The molecule has 3 heteroatoms. The Morgan fingerprint density at radius 3 is 2.32 bits per heavy atom. The monoisotopic (exact) mass is 320 g/mol. The highest BCUT2D eigenvalue weighted by Gasteiger charge is 2.48. The Kier molecular flexibility index (Phi) is 5.03. The molecule has 0 amide bonds. The van der Waals surface area contributed by atoms with Gasteiger partial charge in [-0.2, -0.15) is 0 Å². The molecule has 0 aromatic heterocycles. The number of benzene rings is 1. The molecule has 3 rings (SSSR count). The van der Waals surface area contributed by atoms with E-state index in [2.05, 4.69) is 31.2 Å². The third-order valence-electron chi connectivity index (χ3n) is 5.41. The van der Waals surface area contributed by atoms with Gasteiger partial charge in [-0.25, -0.2) is 0 Å². The number of hydrogen-bond acceptors (Lipinski definition) is 2. The molecule has 2 bridgehead atoms. The van der Waals surface area contributed by atoms with Gasteiger partial charge in [0.25, 0.3) is 0 Å². The Labute approximate surface area is 136 Å². The van der Waals surface area contributed by atoms with Crippen LogP contribution >= 0.6 is 0 Å². The van der Waals surface area contributed by atoms with Crippen molar-refractivity contribution in [2.24, 2.45) is 0 Å². The fourth-order valence-electron chi connectivity index (χ4n) is 4.05. The molecule has 2 nitrogen and oxygen atoms in total. The van der Waals surface area contributed by atoms with Gasteiger partial charge in [-0.3, -0.25) is 4.21 Å². The van der Waals surface area contributed by atoms with Gasteiger partial charge in [0.15, 0.2) is 0 Å². The zero-order chi connectivity index (χ0) is 15.6. The largest absolute Gasteiger partial charge is 0.385 e. The number of aliphatic hydroxyl groups is 1. The van der Waals surface area contributed by atoms with E-state index in [0.717, 1.165) is 24.8 Å². The van der Waals surface area contributed by atoms with Crippen molar-refractivity contribution < 1.29 is 9.32 Å². The molecule has 1 N–H and O–H groups in total. The second kappa shape index (κ2) is 6.84. The Balaban J connectivity index is 1.64. The molecule has 2 aliphatic heterocycles. The van der Waals surface area contributed by atoms with Crippen LogP contribution in [0.3, 0.4) is 0 Å². The van der Waals surface area contributed by atoms with Crippen molar-refractivity contribution in [3.8, 4) is 0 Å². The van der Waals surface area contributed by atoms with Gasteiger partial charge in [0.2, 0.25) is 0 Å². The molecule has 0 radical (unpaired) electrons. The summed E-state index contributed by atoms with van der Waals surface area (Å²) in [5.41, 5.74) is 1.64. The molecule has 2 saturated heterocycles. The molecule has 0 saturated carbocycles. The highest BCUT2D eigenvalue weighted by Crippen LogP contribution is 2.45. The van der Waals surface area contributed by atoms with Gasteiger partial charge in [-0.1, -0.05) is 50.5 Å². The summed E-state index contributed by atoms with van der Waals surface area (Å²) in [4.78, 5) is 0. The number of aryl methyl sites for hydroxylation is 1. The second-order valence-electron chi connectivity index (χ2n) is 7.10. The van der Waals surface area contributed by atoms with Gasteiger partial charge >= 0.3 is 0 Å². The van der Waals surface area contributed by atoms with Crippen LogP contribution in [-0.2, 0) is 22.8 Å². The Hall–Kier alpha value is -0.670. The van der Waals surface area contributed by atoms with Crippen molar-refractivity contribution in [1.29, 1.82) is 0 Å². The molecule has 2 atom stereocenters. The summed E-state index contributed by atoms with van der Waals surface area (Å²) in [5, 5.41) is 11.5. The van der Waals surface area contributed by atoms with Gasteiger partial charge in [-0.15, -0.1) is 0 Å². The molecule has 2 heterocycles. The van der Waals surface area contributed by atoms with E-state index in [9.17, 15) is 9.32 Å². The Bertz CT molecular complexity index is 507. The quantitative estimate of drug-likeness (QED) is 0.802. The standard InChI is InChI=1S/C19H28O2S/c1-2-3-4-5-6-15-7-9-16(10-8-15)19(20)13-17-11-12-18(14-19)22(17)21/h7-10,17-18,20H,2-6,11-14H2,1H3. The molecule has 2 aliphatic rings. The highest BCUT2D eigenvalue weighted by molar-refractivity contribution is 7.86. The first kappa shape index (κ1) is 16.2. The van der Waals surface area contributed by atoms with Crippen LogP contribution in [0.25, 0.3) is 0 Å². The molecule has 2 fully saturated rings. The van der Waals surface area contributed by atoms with Crippen LogP contribution in [0.4, 0.5) is 0 Å². The Morgan fingerprint density at radius 2 is 1.73 bits per heavy atom. The highest BCUT2D eigenvalue weighted by atomic mass is 32.2. The summed E-state index contributed by atoms with van der Waals surface area (Å²) in [6.45, 7) is 2.24. The molecular formula is C19H28O2S. The number of rotatable bonds is 6. The lowest BCUT2D eigenvalue weighted by atomic mass is 9.85. The van der Waals surface area contributed by atoms with Crippen molar-refractivity contribution in [1.82, 2.24) is 0 Å². The van der Waals surface area contributed by atoms with Gasteiger partial charge in [0, 0.05) is 21.3 Å². The molecule has 122 valence electrons. The minimum absolute atomic E-state index is 0.206. The average Bonchev–Trinajstić information content (AvgIpc) is 2.75. The lowest BCUT2D eigenvalue weighted by Gasteiger charge is -2.36. The lowest BCUT2D eigenvalue weighted by molar-refractivity contribution is 0.0184. The lowest BCUT2D eigenvalue weighted by Crippen LogP contribution is -2.40. The van der Waals surface area contributed by atoms with Crippen molar-refractivity contribution in [2.75, 3.05) is 0 Å². The smallest absolute Gasteiger partial charge is 0.0919 e. The molecule has 0 aliphatic carbocycles. The van der Waals surface area contributed by atoms with Crippen LogP contribution in [-0.4, -0.2) is 19.8 Å². The van der Waals surface area contributed by atoms with Crippen molar-refractivity contribution in [3.05, 3.63) is 35.4 Å². The average molecular weight is 320 g/mol. The first-order valence-electron chi connectivity index (χ1n) is 8.83. The molecule has 22 heavy (non-hydrogen) atoms. The molecule has 0 spiro atoms. The molecule has 2 unspecified atom stereocenters.